The standard InChI is InChI=1S/C10H18O4S/c1-8(7-10(13)14)15-6-4-2-3-5-9(11)12/h8H,2-7H2,1H3,(H,11,12)(H,13,14). The topological polar surface area (TPSA) is 74.6 Å². The van der Waals surface area contributed by atoms with E-state index in [-0.39, 0.29) is 18.1 Å². The van der Waals surface area contributed by atoms with Crippen molar-refractivity contribution in [2.45, 2.75) is 44.3 Å². The van der Waals surface area contributed by atoms with Crippen molar-refractivity contribution in [3.05, 3.63) is 0 Å². The molecule has 0 aromatic heterocycles. The predicted octanol–water partition coefficient (Wildman–Crippen LogP) is 2.23. The van der Waals surface area contributed by atoms with E-state index in [2.05, 4.69) is 0 Å². The molecule has 0 bridgehead atoms. The average Bonchev–Trinajstić information content (AvgIpc) is 2.09. The molecule has 0 heterocycles. The molecule has 0 amide bonds. The Morgan fingerprint density at radius 1 is 1.13 bits per heavy atom. The second-order valence-corrected chi connectivity index (χ2v) is 5.03. The summed E-state index contributed by atoms with van der Waals surface area (Å²) in [6, 6.07) is 0. The van der Waals surface area contributed by atoms with Gasteiger partial charge in [0.25, 0.3) is 0 Å². The van der Waals surface area contributed by atoms with Gasteiger partial charge in [0.15, 0.2) is 0 Å². The van der Waals surface area contributed by atoms with E-state index in [0.717, 1.165) is 18.6 Å². The summed E-state index contributed by atoms with van der Waals surface area (Å²) in [6.07, 6.45) is 3.00. The molecule has 4 nitrogen and oxygen atoms in total. The normalized spacial score (nSPS) is 12.3. The third kappa shape index (κ3) is 11.2. The number of rotatable bonds is 9. The molecule has 5 heteroatoms. The number of unbranched alkanes of at least 4 members (excludes halogenated alkanes) is 2. The summed E-state index contributed by atoms with van der Waals surface area (Å²) in [5, 5.41) is 17.0. The van der Waals surface area contributed by atoms with E-state index >= 15 is 0 Å². The lowest BCUT2D eigenvalue weighted by molar-refractivity contribution is -0.138. The highest BCUT2D eigenvalue weighted by molar-refractivity contribution is 7.99. The Hall–Kier alpha value is -0.710. The average molecular weight is 234 g/mol. The molecule has 0 aromatic carbocycles. The van der Waals surface area contributed by atoms with Gasteiger partial charge < -0.3 is 10.2 Å². The number of hydrogen-bond donors (Lipinski definition) is 2. The molecule has 0 spiro atoms. The van der Waals surface area contributed by atoms with Gasteiger partial charge in [0, 0.05) is 11.7 Å². The zero-order valence-corrected chi connectivity index (χ0v) is 9.76. The van der Waals surface area contributed by atoms with Crippen LogP contribution in [0, 0.1) is 0 Å². The summed E-state index contributed by atoms with van der Waals surface area (Å²) in [5.74, 6) is -0.601. The molecular formula is C10H18O4S. The minimum Gasteiger partial charge on any atom is -0.481 e. The summed E-state index contributed by atoms with van der Waals surface area (Å²) in [7, 11) is 0. The second kappa shape index (κ2) is 8.59. The molecular weight excluding hydrogens is 216 g/mol. The Balaban J connectivity index is 3.23. The first-order chi connectivity index (χ1) is 7.02. The van der Waals surface area contributed by atoms with E-state index in [4.69, 9.17) is 10.2 Å². The largest absolute Gasteiger partial charge is 0.481 e. The highest BCUT2D eigenvalue weighted by Gasteiger charge is 2.07. The van der Waals surface area contributed by atoms with Crippen LogP contribution in [0.4, 0.5) is 0 Å². The summed E-state index contributed by atoms with van der Waals surface area (Å²) in [4.78, 5) is 20.5. The fraction of sp³-hybridized carbons (Fsp3) is 0.800. The van der Waals surface area contributed by atoms with Crippen LogP contribution < -0.4 is 0 Å². The quantitative estimate of drug-likeness (QED) is 0.598. The molecule has 0 saturated heterocycles. The molecule has 2 N–H and O–H groups in total. The maximum Gasteiger partial charge on any atom is 0.304 e. The van der Waals surface area contributed by atoms with Crippen molar-refractivity contribution in [3.63, 3.8) is 0 Å². The zero-order chi connectivity index (χ0) is 11.7. The molecule has 0 fully saturated rings. The van der Waals surface area contributed by atoms with Crippen molar-refractivity contribution in [1.29, 1.82) is 0 Å². The van der Waals surface area contributed by atoms with Gasteiger partial charge in [0.1, 0.15) is 0 Å². The van der Waals surface area contributed by atoms with Crippen molar-refractivity contribution in [3.8, 4) is 0 Å². The van der Waals surface area contributed by atoms with Crippen molar-refractivity contribution in [2.75, 3.05) is 5.75 Å². The van der Waals surface area contributed by atoms with Crippen LogP contribution in [0.5, 0.6) is 0 Å². The van der Waals surface area contributed by atoms with Gasteiger partial charge in [-0.25, -0.2) is 0 Å². The van der Waals surface area contributed by atoms with Gasteiger partial charge in [-0.05, 0) is 18.6 Å². The van der Waals surface area contributed by atoms with Gasteiger partial charge in [0.2, 0.25) is 0 Å². The van der Waals surface area contributed by atoms with Gasteiger partial charge in [0.05, 0.1) is 6.42 Å². The second-order valence-electron chi connectivity index (χ2n) is 3.48. The number of carboxylic acid groups (broad SMARTS) is 2. The highest BCUT2D eigenvalue weighted by Crippen LogP contribution is 2.16. The van der Waals surface area contributed by atoms with Gasteiger partial charge in [-0.15, -0.1) is 0 Å². The van der Waals surface area contributed by atoms with Gasteiger partial charge in [-0.1, -0.05) is 13.3 Å². The first-order valence-corrected chi connectivity index (χ1v) is 6.12. The summed E-state index contributed by atoms with van der Waals surface area (Å²) < 4.78 is 0. The van der Waals surface area contributed by atoms with Crippen LogP contribution >= 0.6 is 11.8 Å². The smallest absolute Gasteiger partial charge is 0.304 e. The minimum absolute atomic E-state index is 0.141. The fourth-order valence-corrected chi connectivity index (χ4v) is 2.18. The minimum atomic E-state index is -0.763. The third-order valence-electron chi connectivity index (χ3n) is 1.90. The monoisotopic (exact) mass is 234 g/mol. The lowest BCUT2D eigenvalue weighted by Gasteiger charge is -2.07. The Bertz CT molecular complexity index is 206. The molecule has 1 atom stereocenters. The van der Waals surface area contributed by atoms with E-state index in [1.807, 2.05) is 6.92 Å². The molecule has 0 aromatic rings. The number of carbonyl (C=O) groups is 2. The van der Waals surface area contributed by atoms with Crippen molar-refractivity contribution >= 4 is 23.7 Å². The lowest BCUT2D eigenvalue weighted by atomic mass is 10.2. The summed E-state index contributed by atoms with van der Waals surface area (Å²) in [6.45, 7) is 1.90. The molecule has 0 rings (SSSR count). The maximum absolute atomic E-state index is 10.3. The molecule has 0 aliphatic heterocycles. The Labute approximate surface area is 94.1 Å². The predicted molar refractivity (Wildman–Crippen MR) is 60.3 cm³/mol. The van der Waals surface area contributed by atoms with Crippen LogP contribution in [0.25, 0.3) is 0 Å². The molecule has 0 radical (unpaired) electrons. The van der Waals surface area contributed by atoms with Gasteiger partial charge in [-0.3, -0.25) is 9.59 Å². The lowest BCUT2D eigenvalue weighted by Crippen LogP contribution is -2.06. The number of hydrogen-bond acceptors (Lipinski definition) is 3. The van der Waals surface area contributed by atoms with Crippen molar-refractivity contribution < 1.29 is 19.8 Å². The molecule has 0 saturated carbocycles. The third-order valence-corrected chi connectivity index (χ3v) is 3.16. The molecule has 0 aliphatic carbocycles. The summed E-state index contributed by atoms with van der Waals surface area (Å²) in [5.41, 5.74) is 0. The maximum atomic E-state index is 10.3. The van der Waals surface area contributed by atoms with E-state index in [9.17, 15) is 9.59 Å². The first kappa shape index (κ1) is 14.3. The summed E-state index contributed by atoms with van der Waals surface area (Å²) >= 11 is 1.64. The Kier molecular flexibility index (Phi) is 8.18. The van der Waals surface area contributed by atoms with Crippen LogP contribution in [0.3, 0.4) is 0 Å². The Morgan fingerprint density at radius 2 is 1.80 bits per heavy atom. The van der Waals surface area contributed by atoms with E-state index < -0.39 is 11.9 Å². The van der Waals surface area contributed by atoms with E-state index in [1.165, 1.54) is 0 Å². The molecule has 15 heavy (non-hydrogen) atoms. The highest BCUT2D eigenvalue weighted by atomic mass is 32.2. The van der Waals surface area contributed by atoms with Gasteiger partial charge in [-0.2, -0.15) is 11.8 Å². The van der Waals surface area contributed by atoms with Crippen molar-refractivity contribution in [1.82, 2.24) is 0 Å². The Morgan fingerprint density at radius 3 is 2.33 bits per heavy atom. The van der Waals surface area contributed by atoms with E-state index in [1.54, 1.807) is 11.8 Å². The van der Waals surface area contributed by atoms with Crippen LogP contribution in [-0.4, -0.2) is 33.2 Å². The van der Waals surface area contributed by atoms with E-state index in [0.29, 0.717) is 6.42 Å². The SMILES string of the molecule is CC(CC(=O)O)SCCCCCC(=O)O. The zero-order valence-electron chi connectivity index (χ0n) is 8.94. The molecule has 1 unspecified atom stereocenters. The first-order valence-electron chi connectivity index (χ1n) is 5.07. The van der Waals surface area contributed by atoms with Crippen molar-refractivity contribution in [2.24, 2.45) is 0 Å². The van der Waals surface area contributed by atoms with Crippen LogP contribution in [0.15, 0.2) is 0 Å². The van der Waals surface area contributed by atoms with Crippen LogP contribution in [0.2, 0.25) is 0 Å². The number of thioether (sulfide) groups is 1. The molecule has 0 aliphatic rings. The number of aliphatic carboxylic acids is 2. The van der Waals surface area contributed by atoms with Crippen LogP contribution in [-0.2, 0) is 9.59 Å². The van der Waals surface area contributed by atoms with Gasteiger partial charge >= 0.3 is 11.9 Å². The molecule has 88 valence electrons. The number of carboxylic acids is 2. The van der Waals surface area contributed by atoms with Crippen LogP contribution in [0.1, 0.15) is 39.0 Å². The fourth-order valence-electron chi connectivity index (χ4n) is 1.14.